The number of nitrogens with one attached hydrogen (secondary N) is 1. The van der Waals surface area contributed by atoms with Crippen molar-refractivity contribution in [1.29, 1.82) is 0 Å². The zero-order chi connectivity index (χ0) is 28.5. The molecule has 0 saturated carbocycles. The highest BCUT2D eigenvalue weighted by Crippen LogP contribution is 2.44. The second kappa shape index (κ2) is 11.5. The van der Waals surface area contributed by atoms with Crippen molar-refractivity contribution >= 4 is 46.3 Å². The Bertz CT molecular complexity index is 1550. The Morgan fingerprint density at radius 1 is 1.02 bits per heavy atom. The van der Waals surface area contributed by atoms with Crippen LogP contribution in [0.2, 0.25) is 5.02 Å². The lowest BCUT2D eigenvalue weighted by Gasteiger charge is -2.33. The van der Waals surface area contributed by atoms with Gasteiger partial charge in [0.1, 0.15) is 6.04 Å². The summed E-state index contributed by atoms with van der Waals surface area (Å²) in [4.78, 5) is 21.2. The van der Waals surface area contributed by atoms with Gasteiger partial charge in [-0.25, -0.2) is 4.79 Å². The van der Waals surface area contributed by atoms with E-state index in [-0.39, 0.29) is 18.1 Å². The Kier molecular flexibility index (Phi) is 7.69. The fourth-order valence-electron chi connectivity index (χ4n) is 5.83. The Morgan fingerprint density at radius 2 is 1.78 bits per heavy atom. The van der Waals surface area contributed by atoms with Crippen LogP contribution in [0, 0.1) is 5.92 Å². The van der Waals surface area contributed by atoms with E-state index in [1.165, 1.54) is 20.0 Å². The summed E-state index contributed by atoms with van der Waals surface area (Å²) < 4.78 is 7.00. The average molecular weight is 586 g/mol. The van der Waals surface area contributed by atoms with Crippen molar-refractivity contribution in [1.82, 2.24) is 14.9 Å². The SMILES string of the molecule is COC(=O)c1ccc(-n2cccc2C2C(c3ccccn3)NC(=S)N2c2ccc(N3CCC(C)CC3)c(Cl)c2)cc1. The van der Waals surface area contributed by atoms with Gasteiger partial charge in [-0.15, -0.1) is 0 Å². The van der Waals surface area contributed by atoms with Crippen molar-refractivity contribution in [3.05, 3.63) is 107 Å². The summed E-state index contributed by atoms with van der Waals surface area (Å²) in [7, 11) is 1.38. The smallest absolute Gasteiger partial charge is 0.337 e. The largest absolute Gasteiger partial charge is 0.465 e. The maximum atomic E-state index is 12.0. The van der Waals surface area contributed by atoms with Crippen LogP contribution in [0.1, 0.15) is 53.6 Å². The van der Waals surface area contributed by atoms with E-state index in [4.69, 9.17) is 28.6 Å². The lowest BCUT2D eigenvalue weighted by Crippen LogP contribution is -2.33. The second-order valence-electron chi connectivity index (χ2n) is 10.6. The van der Waals surface area contributed by atoms with Gasteiger partial charge in [-0.05, 0) is 97.7 Å². The van der Waals surface area contributed by atoms with Crippen LogP contribution in [0.5, 0.6) is 0 Å². The number of thiocarbonyl (C=S) groups is 1. The molecule has 2 fully saturated rings. The van der Waals surface area contributed by atoms with Crippen LogP contribution >= 0.6 is 23.8 Å². The minimum absolute atomic E-state index is 0.200. The summed E-state index contributed by atoms with van der Waals surface area (Å²) >= 11 is 12.9. The van der Waals surface area contributed by atoms with Crippen LogP contribution in [0.4, 0.5) is 11.4 Å². The molecule has 6 rings (SSSR count). The molecule has 0 amide bonds. The van der Waals surface area contributed by atoms with Gasteiger partial charge in [0, 0.05) is 42.6 Å². The van der Waals surface area contributed by atoms with Crippen LogP contribution in [0.3, 0.4) is 0 Å². The fraction of sp³-hybridized carbons (Fsp3) is 0.281. The third-order valence-corrected chi connectivity index (χ3v) is 8.70. The van der Waals surface area contributed by atoms with Crippen molar-refractivity contribution in [2.45, 2.75) is 31.8 Å². The molecule has 210 valence electrons. The molecule has 2 aliphatic rings. The molecule has 4 aromatic rings. The molecule has 0 aliphatic carbocycles. The Morgan fingerprint density at radius 3 is 2.46 bits per heavy atom. The average Bonchev–Trinajstić information content (AvgIpc) is 3.62. The topological polar surface area (TPSA) is 62.6 Å². The number of benzene rings is 2. The van der Waals surface area contributed by atoms with Crippen LogP contribution in [-0.2, 0) is 4.74 Å². The Balaban J connectivity index is 1.40. The summed E-state index contributed by atoms with van der Waals surface area (Å²) in [5, 5.41) is 4.86. The molecule has 2 aliphatic heterocycles. The molecule has 2 unspecified atom stereocenters. The maximum absolute atomic E-state index is 12.0. The number of aromatic nitrogens is 2. The van der Waals surface area contributed by atoms with Gasteiger partial charge in [-0.1, -0.05) is 24.6 Å². The number of methoxy groups -OCH3 is 1. The molecular formula is C32H32ClN5O2S. The molecule has 41 heavy (non-hydrogen) atoms. The summed E-state index contributed by atoms with van der Waals surface area (Å²) in [5.41, 5.74) is 5.30. The zero-order valence-corrected chi connectivity index (χ0v) is 24.6. The second-order valence-corrected chi connectivity index (χ2v) is 11.4. The molecule has 9 heteroatoms. The number of esters is 1. The number of carbonyl (C=O) groups is 1. The van der Waals surface area contributed by atoms with Gasteiger partial charge in [0.25, 0.3) is 0 Å². The van der Waals surface area contributed by atoms with E-state index < -0.39 is 0 Å². The first kappa shape index (κ1) is 27.3. The monoisotopic (exact) mass is 585 g/mol. The van der Waals surface area contributed by atoms with E-state index in [0.717, 1.165) is 47.5 Å². The molecule has 0 radical (unpaired) electrons. The van der Waals surface area contributed by atoms with Crippen molar-refractivity contribution < 1.29 is 9.53 Å². The summed E-state index contributed by atoms with van der Waals surface area (Å²) in [6.07, 6.45) is 6.16. The van der Waals surface area contributed by atoms with Crippen LogP contribution in [0.25, 0.3) is 5.69 Å². The van der Waals surface area contributed by atoms with Crippen LogP contribution in [0.15, 0.2) is 85.2 Å². The van der Waals surface area contributed by atoms with Gasteiger partial charge in [0.15, 0.2) is 5.11 Å². The van der Waals surface area contributed by atoms with E-state index >= 15 is 0 Å². The molecule has 0 spiro atoms. The highest BCUT2D eigenvalue weighted by Gasteiger charge is 2.42. The first-order chi connectivity index (χ1) is 19.9. The molecule has 2 atom stereocenters. The number of anilines is 2. The van der Waals surface area contributed by atoms with E-state index in [0.29, 0.717) is 15.7 Å². The number of nitrogens with zero attached hydrogens (tertiary/aromatic N) is 4. The molecule has 2 aromatic carbocycles. The van der Waals surface area contributed by atoms with Crippen LogP contribution in [-0.4, -0.2) is 40.8 Å². The Hall–Kier alpha value is -3.88. The Labute approximate surface area is 250 Å². The predicted octanol–water partition coefficient (Wildman–Crippen LogP) is 6.73. The number of ether oxygens (including phenoxy) is 1. The fourth-order valence-corrected chi connectivity index (χ4v) is 6.47. The van der Waals surface area contributed by atoms with Gasteiger partial charge in [0.05, 0.1) is 35.1 Å². The van der Waals surface area contributed by atoms with Gasteiger partial charge in [-0.2, -0.15) is 0 Å². The zero-order valence-electron chi connectivity index (χ0n) is 23.0. The normalized spacial score (nSPS) is 19.3. The van der Waals surface area contributed by atoms with Gasteiger partial charge < -0.3 is 24.4 Å². The van der Waals surface area contributed by atoms with Crippen molar-refractivity contribution in [3.63, 3.8) is 0 Å². The molecule has 7 nitrogen and oxygen atoms in total. The quantitative estimate of drug-likeness (QED) is 0.199. The van der Waals surface area contributed by atoms with Gasteiger partial charge >= 0.3 is 5.97 Å². The first-order valence-corrected chi connectivity index (χ1v) is 14.6. The van der Waals surface area contributed by atoms with Crippen molar-refractivity contribution in [2.75, 3.05) is 30.0 Å². The number of hydrogen-bond donors (Lipinski definition) is 1. The van der Waals surface area contributed by atoms with Crippen LogP contribution < -0.4 is 15.1 Å². The predicted molar refractivity (Wildman–Crippen MR) is 167 cm³/mol. The molecule has 1 N–H and O–H groups in total. The minimum Gasteiger partial charge on any atom is -0.465 e. The van der Waals surface area contributed by atoms with Gasteiger partial charge in [-0.3, -0.25) is 4.98 Å². The molecule has 4 heterocycles. The number of pyridine rings is 1. The number of hydrogen-bond acceptors (Lipinski definition) is 5. The highest BCUT2D eigenvalue weighted by atomic mass is 35.5. The number of piperidine rings is 1. The maximum Gasteiger partial charge on any atom is 0.337 e. The third-order valence-electron chi connectivity index (χ3n) is 8.08. The lowest BCUT2D eigenvalue weighted by atomic mass is 9.98. The third kappa shape index (κ3) is 5.29. The van der Waals surface area contributed by atoms with E-state index in [1.807, 2.05) is 48.7 Å². The van der Waals surface area contributed by atoms with E-state index in [2.05, 4.69) is 49.8 Å². The standard InChI is InChI=1S/C32H32ClN5O2S/c1-21-14-18-36(19-15-21)27-13-12-24(20-25(27)33)38-30(29(35-32(38)41)26-6-3-4-16-34-26)28-7-5-17-37(28)23-10-8-22(9-11-23)31(39)40-2/h3-13,16-17,20-21,29-30H,14-15,18-19H2,1-2H3,(H,35,41). The minimum atomic E-state index is -0.365. The molecule has 0 bridgehead atoms. The lowest BCUT2D eigenvalue weighted by molar-refractivity contribution is 0.0600. The summed E-state index contributed by atoms with van der Waals surface area (Å²) in [6, 6.07) is 23.3. The van der Waals surface area contributed by atoms with Crippen molar-refractivity contribution in [3.8, 4) is 5.69 Å². The summed E-state index contributed by atoms with van der Waals surface area (Å²) in [5.74, 6) is 0.380. The van der Waals surface area contributed by atoms with Gasteiger partial charge in [0.2, 0.25) is 0 Å². The molecule has 2 saturated heterocycles. The number of carbonyl (C=O) groups excluding carboxylic acids is 1. The summed E-state index contributed by atoms with van der Waals surface area (Å²) in [6.45, 7) is 4.33. The van der Waals surface area contributed by atoms with E-state index in [1.54, 1.807) is 18.3 Å². The van der Waals surface area contributed by atoms with E-state index in [9.17, 15) is 4.79 Å². The highest BCUT2D eigenvalue weighted by molar-refractivity contribution is 7.80. The van der Waals surface area contributed by atoms with Crippen molar-refractivity contribution in [2.24, 2.45) is 5.92 Å². The molecule has 2 aromatic heterocycles. The molecular weight excluding hydrogens is 554 g/mol. The first-order valence-electron chi connectivity index (χ1n) is 13.9. The number of rotatable bonds is 6. The number of halogens is 1.